The molecule has 0 radical (unpaired) electrons. The molecule has 2 amide bonds. The average molecular weight is 339 g/mol. The summed E-state index contributed by atoms with van der Waals surface area (Å²) in [5.41, 5.74) is 0.837. The molecule has 3 N–H and O–H groups in total. The van der Waals surface area contributed by atoms with Crippen LogP contribution < -0.4 is 10.6 Å². The van der Waals surface area contributed by atoms with Gasteiger partial charge in [0.2, 0.25) is 0 Å². The van der Waals surface area contributed by atoms with E-state index in [2.05, 4.69) is 10.6 Å². The first-order valence-corrected chi connectivity index (χ1v) is 7.84. The number of aliphatic hydroxyl groups excluding tert-OH is 1. The third-order valence-corrected chi connectivity index (χ3v) is 4.13. The number of carbonyl (C=O) groups excluding carboxylic acids is 2. The van der Waals surface area contributed by atoms with Crippen molar-refractivity contribution in [1.82, 2.24) is 10.6 Å². The van der Waals surface area contributed by atoms with Crippen LogP contribution in [0.3, 0.4) is 0 Å². The van der Waals surface area contributed by atoms with Crippen LogP contribution in [0.1, 0.15) is 16.5 Å². The summed E-state index contributed by atoms with van der Waals surface area (Å²) in [5.74, 6) is -1.52. The van der Waals surface area contributed by atoms with Gasteiger partial charge in [-0.2, -0.15) is 0 Å². The molecule has 7 heteroatoms. The van der Waals surface area contributed by atoms with Crippen LogP contribution in [0.2, 0.25) is 5.02 Å². The zero-order valence-corrected chi connectivity index (χ0v) is 13.2. The lowest BCUT2D eigenvalue weighted by atomic mass is 10.2. The number of halogens is 1. The van der Waals surface area contributed by atoms with Crippen LogP contribution >= 0.6 is 22.9 Å². The number of nitrogens with one attached hydrogen (secondary N) is 2. The summed E-state index contributed by atoms with van der Waals surface area (Å²) in [7, 11) is 0. The third kappa shape index (κ3) is 4.84. The molecule has 0 saturated heterocycles. The van der Waals surface area contributed by atoms with Crippen molar-refractivity contribution in [2.45, 2.75) is 12.6 Å². The predicted octanol–water partition coefficient (Wildman–Crippen LogP) is 1.87. The Labute approximate surface area is 136 Å². The first-order valence-electron chi connectivity index (χ1n) is 6.58. The second-order valence-electron chi connectivity index (χ2n) is 4.55. The van der Waals surface area contributed by atoms with E-state index in [1.807, 2.05) is 11.4 Å². The number of carbonyl (C=O) groups is 2. The molecule has 0 saturated carbocycles. The van der Waals surface area contributed by atoms with Crippen molar-refractivity contribution >= 4 is 34.8 Å². The van der Waals surface area contributed by atoms with Crippen molar-refractivity contribution in [3.8, 4) is 0 Å². The fourth-order valence-electron chi connectivity index (χ4n) is 1.72. The molecule has 0 fully saturated rings. The molecular weight excluding hydrogens is 324 g/mol. The van der Waals surface area contributed by atoms with Crippen LogP contribution in [-0.4, -0.2) is 23.5 Å². The van der Waals surface area contributed by atoms with Gasteiger partial charge in [-0.15, -0.1) is 11.3 Å². The van der Waals surface area contributed by atoms with Crippen LogP contribution in [0, 0.1) is 0 Å². The largest absolute Gasteiger partial charge is 0.386 e. The van der Waals surface area contributed by atoms with Gasteiger partial charge in [0.05, 0.1) is 0 Å². The van der Waals surface area contributed by atoms with Gasteiger partial charge < -0.3 is 15.7 Å². The number of hydrogen-bond acceptors (Lipinski definition) is 4. The number of amides is 2. The maximum Gasteiger partial charge on any atom is 0.309 e. The lowest BCUT2D eigenvalue weighted by molar-refractivity contribution is -0.139. The highest BCUT2D eigenvalue weighted by Gasteiger charge is 2.15. The Balaban J connectivity index is 1.75. The number of benzene rings is 1. The highest BCUT2D eigenvalue weighted by atomic mass is 35.5. The second-order valence-corrected chi connectivity index (χ2v) is 5.97. The Morgan fingerprint density at radius 3 is 2.45 bits per heavy atom. The summed E-state index contributed by atoms with van der Waals surface area (Å²) in [5, 5.41) is 17.2. The van der Waals surface area contributed by atoms with E-state index in [1.54, 1.807) is 30.3 Å². The summed E-state index contributed by atoms with van der Waals surface area (Å²) >= 11 is 7.15. The van der Waals surface area contributed by atoms with Crippen molar-refractivity contribution < 1.29 is 14.7 Å². The van der Waals surface area contributed by atoms with Gasteiger partial charge >= 0.3 is 11.8 Å². The molecule has 22 heavy (non-hydrogen) atoms. The molecule has 0 spiro atoms. The Kier molecular flexibility index (Phi) is 5.94. The third-order valence-electron chi connectivity index (χ3n) is 2.90. The molecule has 2 aromatic rings. The Bertz CT molecular complexity index is 629. The van der Waals surface area contributed by atoms with Crippen molar-refractivity contribution in [3.05, 3.63) is 57.2 Å². The molecular formula is C15H15ClN2O3S. The molecule has 1 atom stereocenters. The maximum atomic E-state index is 11.7. The molecule has 0 bridgehead atoms. The Hall–Kier alpha value is -1.89. The monoisotopic (exact) mass is 338 g/mol. The van der Waals surface area contributed by atoms with E-state index in [4.69, 9.17) is 11.6 Å². The highest BCUT2D eigenvalue weighted by molar-refractivity contribution is 7.10. The van der Waals surface area contributed by atoms with Crippen LogP contribution in [0.25, 0.3) is 0 Å². The number of thiophene rings is 1. The van der Waals surface area contributed by atoms with Gasteiger partial charge in [0.15, 0.2) is 0 Å². The fourth-order valence-corrected chi connectivity index (χ4v) is 2.55. The van der Waals surface area contributed by atoms with Crippen molar-refractivity contribution in [3.63, 3.8) is 0 Å². The van der Waals surface area contributed by atoms with E-state index < -0.39 is 17.9 Å². The van der Waals surface area contributed by atoms with Crippen LogP contribution in [0.15, 0.2) is 41.8 Å². The van der Waals surface area contributed by atoms with E-state index in [1.165, 1.54) is 11.3 Å². The predicted molar refractivity (Wildman–Crippen MR) is 85.6 cm³/mol. The minimum Gasteiger partial charge on any atom is -0.386 e. The van der Waals surface area contributed by atoms with Gasteiger partial charge in [-0.25, -0.2) is 0 Å². The molecule has 0 aliphatic heterocycles. The summed E-state index contributed by atoms with van der Waals surface area (Å²) in [6.07, 6.45) is -0.812. The summed E-state index contributed by atoms with van der Waals surface area (Å²) in [4.78, 5) is 24.0. The maximum absolute atomic E-state index is 11.7. The van der Waals surface area contributed by atoms with Gasteiger partial charge in [0.25, 0.3) is 0 Å². The first-order chi connectivity index (χ1) is 10.6. The standard InChI is InChI=1S/C15H15ClN2O3S/c16-11-5-3-10(4-6-11)8-17-14(20)15(21)18-9-12(19)13-2-1-7-22-13/h1-7,12,19H,8-9H2,(H,17,20)(H,18,21)/t12-/m0/s1. The smallest absolute Gasteiger partial charge is 0.309 e. The SMILES string of the molecule is O=C(NCc1ccc(Cl)cc1)C(=O)NC[C@H](O)c1cccs1. The summed E-state index contributed by atoms with van der Waals surface area (Å²) < 4.78 is 0. The van der Waals surface area contributed by atoms with Crippen molar-refractivity contribution in [1.29, 1.82) is 0 Å². The van der Waals surface area contributed by atoms with Gasteiger partial charge in [-0.1, -0.05) is 29.8 Å². The van der Waals surface area contributed by atoms with E-state index in [0.717, 1.165) is 10.4 Å². The quantitative estimate of drug-likeness (QED) is 0.728. The van der Waals surface area contributed by atoms with Gasteiger partial charge in [0, 0.05) is 23.0 Å². The Morgan fingerprint density at radius 2 is 1.82 bits per heavy atom. The van der Waals surface area contributed by atoms with Crippen LogP contribution in [0.4, 0.5) is 0 Å². The first kappa shape index (κ1) is 16.5. The minimum absolute atomic E-state index is 0.00624. The van der Waals surface area contributed by atoms with E-state index in [0.29, 0.717) is 5.02 Å². The van der Waals surface area contributed by atoms with Crippen LogP contribution in [0.5, 0.6) is 0 Å². The zero-order chi connectivity index (χ0) is 15.9. The molecule has 116 valence electrons. The fraction of sp³-hybridized carbons (Fsp3) is 0.200. The molecule has 0 aliphatic rings. The topological polar surface area (TPSA) is 78.4 Å². The summed E-state index contributed by atoms with van der Waals surface area (Å²) in [6.45, 7) is 0.227. The van der Waals surface area contributed by atoms with E-state index in [-0.39, 0.29) is 13.1 Å². The van der Waals surface area contributed by atoms with Crippen molar-refractivity contribution in [2.24, 2.45) is 0 Å². The zero-order valence-electron chi connectivity index (χ0n) is 11.6. The van der Waals surface area contributed by atoms with Crippen LogP contribution in [-0.2, 0) is 16.1 Å². The normalized spacial score (nSPS) is 11.7. The minimum atomic E-state index is -0.812. The number of rotatable bonds is 5. The van der Waals surface area contributed by atoms with Gasteiger partial charge in [0.1, 0.15) is 6.10 Å². The molecule has 1 aromatic carbocycles. The van der Waals surface area contributed by atoms with E-state index >= 15 is 0 Å². The molecule has 1 heterocycles. The molecule has 2 rings (SSSR count). The van der Waals surface area contributed by atoms with Gasteiger partial charge in [-0.05, 0) is 29.1 Å². The lowest BCUT2D eigenvalue weighted by Gasteiger charge is -2.10. The lowest BCUT2D eigenvalue weighted by Crippen LogP contribution is -2.41. The molecule has 0 aliphatic carbocycles. The molecule has 5 nitrogen and oxygen atoms in total. The number of hydrogen-bond donors (Lipinski definition) is 3. The summed E-state index contributed by atoms with van der Waals surface area (Å²) in [6, 6.07) is 10.5. The van der Waals surface area contributed by atoms with E-state index in [9.17, 15) is 14.7 Å². The second kappa shape index (κ2) is 7.93. The molecule has 1 aromatic heterocycles. The Morgan fingerprint density at radius 1 is 1.14 bits per heavy atom. The molecule has 0 unspecified atom stereocenters. The average Bonchev–Trinajstić information content (AvgIpc) is 3.06. The number of aliphatic hydroxyl groups is 1. The van der Waals surface area contributed by atoms with Crippen molar-refractivity contribution in [2.75, 3.05) is 6.54 Å². The van der Waals surface area contributed by atoms with Gasteiger partial charge in [-0.3, -0.25) is 9.59 Å². The highest BCUT2D eigenvalue weighted by Crippen LogP contribution is 2.17.